The molecule has 0 aliphatic rings. The number of nitrogens with one attached hydrogen (secondary N) is 1. The van der Waals surface area contributed by atoms with Crippen LogP contribution in [0.25, 0.3) is 20.8 Å². The van der Waals surface area contributed by atoms with Crippen molar-refractivity contribution in [1.82, 2.24) is 4.98 Å². The van der Waals surface area contributed by atoms with E-state index in [4.69, 9.17) is 21.1 Å². The minimum absolute atomic E-state index is 0.290. The molecule has 0 saturated heterocycles. The van der Waals surface area contributed by atoms with Crippen LogP contribution < -0.4 is 14.8 Å². The number of anilines is 1. The molecule has 5 nitrogen and oxygen atoms in total. The van der Waals surface area contributed by atoms with Crippen LogP contribution in [0.4, 0.5) is 5.69 Å². The molecule has 29 heavy (non-hydrogen) atoms. The molecule has 0 saturated carbocycles. The highest BCUT2D eigenvalue weighted by Crippen LogP contribution is 2.36. The van der Waals surface area contributed by atoms with Gasteiger partial charge in [0.2, 0.25) is 0 Å². The molecule has 1 aromatic heterocycles. The van der Waals surface area contributed by atoms with Gasteiger partial charge in [-0.1, -0.05) is 23.7 Å². The minimum Gasteiger partial charge on any atom is -0.497 e. The fourth-order valence-electron chi connectivity index (χ4n) is 2.94. The van der Waals surface area contributed by atoms with Gasteiger partial charge in [0, 0.05) is 17.3 Å². The third kappa shape index (κ3) is 3.90. The zero-order valence-corrected chi connectivity index (χ0v) is 17.3. The van der Waals surface area contributed by atoms with Gasteiger partial charge >= 0.3 is 0 Å². The normalized spacial score (nSPS) is 10.7. The van der Waals surface area contributed by atoms with E-state index >= 15 is 0 Å². The number of methoxy groups -OCH3 is 2. The predicted octanol–water partition coefficient (Wildman–Crippen LogP) is 5.89. The number of aromatic nitrogens is 1. The third-order valence-corrected chi connectivity index (χ3v) is 5.80. The Morgan fingerprint density at radius 3 is 2.62 bits per heavy atom. The number of ether oxygens (including phenoxy) is 2. The summed E-state index contributed by atoms with van der Waals surface area (Å²) in [5, 5.41) is 4.27. The smallest absolute Gasteiger partial charge is 0.259 e. The van der Waals surface area contributed by atoms with Crippen LogP contribution in [0.3, 0.4) is 0 Å². The molecule has 4 aromatic rings. The Kier molecular flexibility index (Phi) is 5.38. The van der Waals surface area contributed by atoms with Gasteiger partial charge in [0.05, 0.1) is 35.0 Å². The number of hydrogen-bond donors (Lipinski definition) is 1. The Morgan fingerprint density at radius 2 is 1.86 bits per heavy atom. The van der Waals surface area contributed by atoms with Crippen LogP contribution in [0.1, 0.15) is 10.4 Å². The van der Waals surface area contributed by atoms with Gasteiger partial charge in [-0.15, -0.1) is 11.3 Å². The molecule has 0 bridgehead atoms. The molecule has 4 rings (SSSR count). The molecule has 3 aromatic carbocycles. The summed E-state index contributed by atoms with van der Waals surface area (Å²) in [5.74, 6) is 0.757. The summed E-state index contributed by atoms with van der Waals surface area (Å²) in [4.78, 5) is 17.4. The number of hydrogen-bond acceptors (Lipinski definition) is 5. The maximum Gasteiger partial charge on any atom is 0.259 e. The van der Waals surface area contributed by atoms with Crippen molar-refractivity contribution in [3.63, 3.8) is 0 Å². The summed E-state index contributed by atoms with van der Waals surface area (Å²) in [6, 6.07) is 18.3. The van der Waals surface area contributed by atoms with Crippen molar-refractivity contribution in [2.45, 2.75) is 0 Å². The standard InChI is InChI=1S/C22H17ClN2O3S/c1-27-14-8-9-15(19(12-14)28-2)21(26)24-13-7-10-17(23)16(11-13)22-25-18-5-3-4-6-20(18)29-22/h3-12H,1-2H3,(H,24,26). The average molecular weight is 425 g/mol. The van der Waals surface area contributed by atoms with Gasteiger partial charge in [-0.2, -0.15) is 0 Å². The molecule has 0 unspecified atom stereocenters. The van der Waals surface area contributed by atoms with Gasteiger partial charge in [-0.25, -0.2) is 4.98 Å². The molecule has 1 amide bonds. The second-order valence-corrected chi connectivity index (χ2v) is 7.64. The molecule has 7 heteroatoms. The first-order chi connectivity index (χ1) is 14.1. The van der Waals surface area contributed by atoms with Crippen molar-refractivity contribution in [2.24, 2.45) is 0 Å². The Bertz CT molecular complexity index is 1170. The van der Waals surface area contributed by atoms with E-state index in [0.29, 0.717) is 27.8 Å². The number of amides is 1. The summed E-state index contributed by atoms with van der Waals surface area (Å²) in [7, 11) is 3.07. The molecular weight excluding hydrogens is 408 g/mol. The van der Waals surface area contributed by atoms with Gasteiger partial charge in [-0.3, -0.25) is 4.79 Å². The molecule has 0 fully saturated rings. The lowest BCUT2D eigenvalue weighted by Crippen LogP contribution is -2.13. The van der Waals surface area contributed by atoms with Crippen LogP contribution in [0.5, 0.6) is 11.5 Å². The van der Waals surface area contributed by atoms with Gasteiger partial charge < -0.3 is 14.8 Å². The SMILES string of the molecule is COc1ccc(C(=O)Nc2ccc(Cl)c(-c3nc4ccccc4s3)c2)c(OC)c1. The number of halogens is 1. The third-order valence-electron chi connectivity index (χ3n) is 4.40. The number of thiazole rings is 1. The van der Waals surface area contributed by atoms with Crippen molar-refractivity contribution in [1.29, 1.82) is 0 Å². The Balaban J connectivity index is 1.65. The van der Waals surface area contributed by atoms with Crippen molar-refractivity contribution in [3.8, 4) is 22.1 Å². The number of fused-ring (bicyclic) bond motifs is 1. The van der Waals surface area contributed by atoms with Gasteiger partial charge in [0.25, 0.3) is 5.91 Å². The summed E-state index contributed by atoms with van der Waals surface area (Å²) < 4.78 is 11.6. The minimum atomic E-state index is -0.290. The Morgan fingerprint density at radius 1 is 1.03 bits per heavy atom. The lowest BCUT2D eigenvalue weighted by molar-refractivity contribution is 0.102. The van der Waals surface area contributed by atoms with Gasteiger partial charge in [0.1, 0.15) is 16.5 Å². The number of nitrogens with zero attached hydrogens (tertiary/aromatic N) is 1. The van der Waals surface area contributed by atoms with E-state index < -0.39 is 0 Å². The molecule has 0 aliphatic heterocycles. The fourth-order valence-corrected chi connectivity index (χ4v) is 4.20. The van der Waals surface area contributed by atoms with Crippen LogP contribution in [-0.4, -0.2) is 25.1 Å². The molecule has 0 radical (unpaired) electrons. The van der Waals surface area contributed by atoms with Crippen molar-refractivity contribution >= 4 is 44.7 Å². The summed E-state index contributed by atoms with van der Waals surface area (Å²) in [6.07, 6.45) is 0. The van der Waals surface area contributed by atoms with Crippen LogP contribution in [0, 0.1) is 0 Å². The fraction of sp³-hybridized carbons (Fsp3) is 0.0909. The summed E-state index contributed by atoms with van der Waals surface area (Å²) in [5.41, 5.74) is 2.71. The number of carbonyl (C=O) groups excluding carboxylic acids is 1. The molecular formula is C22H17ClN2O3S. The first-order valence-electron chi connectivity index (χ1n) is 8.78. The van der Waals surface area contributed by atoms with E-state index in [2.05, 4.69) is 10.3 Å². The lowest BCUT2D eigenvalue weighted by atomic mass is 10.1. The van der Waals surface area contributed by atoms with Crippen molar-refractivity contribution in [2.75, 3.05) is 19.5 Å². The summed E-state index contributed by atoms with van der Waals surface area (Å²) >= 11 is 7.97. The van der Waals surface area contributed by atoms with Crippen molar-refractivity contribution in [3.05, 3.63) is 71.2 Å². The van der Waals surface area contributed by atoms with E-state index in [9.17, 15) is 4.79 Å². The van der Waals surface area contributed by atoms with E-state index in [1.807, 2.05) is 30.3 Å². The van der Waals surface area contributed by atoms with E-state index in [0.717, 1.165) is 20.8 Å². The highest BCUT2D eigenvalue weighted by molar-refractivity contribution is 7.21. The molecule has 1 heterocycles. The van der Waals surface area contributed by atoms with Crippen molar-refractivity contribution < 1.29 is 14.3 Å². The average Bonchev–Trinajstić information content (AvgIpc) is 3.18. The quantitative estimate of drug-likeness (QED) is 0.434. The second-order valence-electron chi connectivity index (χ2n) is 6.20. The molecule has 1 N–H and O–H groups in total. The first-order valence-corrected chi connectivity index (χ1v) is 9.97. The van der Waals surface area contributed by atoms with Gasteiger partial charge in [-0.05, 0) is 42.5 Å². The van der Waals surface area contributed by atoms with Gasteiger partial charge in [0.15, 0.2) is 0 Å². The largest absolute Gasteiger partial charge is 0.497 e. The Labute approximate surface area is 176 Å². The second kappa shape index (κ2) is 8.11. The monoisotopic (exact) mass is 424 g/mol. The van der Waals surface area contributed by atoms with Crippen LogP contribution in [-0.2, 0) is 0 Å². The number of benzene rings is 3. The van der Waals surface area contributed by atoms with Crippen LogP contribution in [0.2, 0.25) is 5.02 Å². The maximum atomic E-state index is 12.8. The molecule has 0 atom stereocenters. The van der Waals surface area contributed by atoms with E-state index in [-0.39, 0.29) is 5.91 Å². The first kappa shape index (κ1) is 19.2. The molecule has 0 aliphatic carbocycles. The highest BCUT2D eigenvalue weighted by atomic mass is 35.5. The highest BCUT2D eigenvalue weighted by Gasteiger charge is 2.16. The zero-order valence-electron chi connectivity index (χ0n) is 15.7. The number of rotatable bonds is 5. The Hall–Kier alpha value is -3.09. The van der Waals surface area contributed by atoms with E-state index in [1.54, 1.807) is 48.8 Å². The topological polar surface area (TPSA) is 60.5 Å². The summed E-state index contributed by atoms with van der Waals surface area (Å²) in [6.45, 7) is 0. The maximum absolute atomic E-state index is 12.8. The lowest BCUT2D eigenvalue weighted by Gasteiger charge is -2.12. The predicted molar refractivity (Wildman–Crippen MR) is 118 cm³/mol. The van der Waals surface area contributed by atoms with E-state index in [1.165, 1.54) is 7.11 Å². The van der Waals surface area contributed by atoms with Crippen LogP contribution >= 0.6 is 22.9 Å². The van der Waals surface area contributed by atoms with Crippen LogP contribution in [0.15, 0.2) is 60.7 Å². The molecule has 0 spiro atoms. The number of carbonyl (C=O) groups is 1. The zero-order chi connectivity index (χ0) is 20.4. The molecule has 146 valence electrons. The number of para-hydroxylation sites is 1.